The average molecular weight is 411 g/mol. The van der Waals surface area contributed by atoms with Crippen molar-refractivity contribution in [2.75, 3.05) is 36.4 Å². The van der Waals surface area contributed by atoms with Crippen molar-refractivity contribution in [3.63, 3.8) is 0 Å². The van der Waals surface area contributed by atoms with Crippen LogP contribution in [0.4, 0.5) is 11.7 Å². The molecule has 1 N–H and O–H groups in total. The number of aryl methyl sites for hydroxylation is 1. The van der Waals surface area contributed by atoms with Gasteiger partial charge in [0.05, 0.1) is 11.4 Å². The number of piperazine rings is 1. The van der Waals surface area contributed by atoms with Gasteiger partial charge in [0.2, 0.25) is 11.8 Å². The Morgan fingerprint density at radius 3 is 2.79 bits per heavy atom. The van der Waals surface area contributed by atoms with Crippen LogP contribution in [0.15, 0.2) is 22.2 Å². The quantitative estimate of drug-likeness (QED) is 0.706. The number of aromatic nitrogens is 2. The fraction of sp³-hybridized carbons (Fsp3) is 0.400. The Labute approximate surface area is 172 Å². The van der Waals surface area contributed by atoms with E-state index in [0.717, 1.165) is 47.8 Å². The number of fused-ring (bicyclic) bond motifs is 1. The number of nitriles is 1. The minimum atomic E-state index is -0.332. The zero-order chi connectivity index (χ0) is 20.5. The Balaban J connectivity index is 1.41. The third kappa shape index (κ3) is 3.57. The molecule has 3 aromatic heterocycles. The van der Waals surface area contributed by atoms with E-state index in [2.05, 4.69) is 37.2 Å². The summed E-state index contributed by atoms with van der Waals surface area (Å²) in [6, 6.07) is 3.83. The molecule has 4 heterocycles. The van der Waals surface area contributed by atoms with E-state index in [1.165, 1.54) is 0 Å². The van der Waals surface area contributed by atoms with Crippen LogP contribution in [0.3, 0.4) is 0 Å². The van der Waals surface area contributed by atoms with Crippen LogP contribution >= 0.6 is 11.3 Å². The summed E-state index contributed by atoms with van der Waals surface area (Å²) >= 11 is 1.61. The van der Waals surface area contributed by atoms with Crippen LogP contribution < -0.4 is 10.2 Å². The molecule has 1 aliphatic heterocycles. The first-order valence-electron chi connectivity index (χ1n) is 9.47. The first-order valence-corrected chi connectivity index (χ1v) is 10.4. The number of hydrogen-bond acceptors (Lipinski definition) is 8. The average Bonchev–Trinajstić information content (AvgIpc) is 3.32. The second-order valence-electron chi connectivity index (χ2n) is 7.12. The number of nitrogens with one attached hydrogen (secondary N) is 1. The topological polar surface area (TPSA) is 98.3 Å². The fourth-order valence-corrected chi connectivity index (χ4v) is 4.31. The van der Waals surface area contributed by atoms with E-state index >= 15 is 0 Å². The maximum Gasteiger partial charge on any atom is 0.243 e. The molecule has 1 unspecified atom stereocenters. The summed E-state index contributed by atoms with van der Waals surface area (Å²) in [6.45, 7) is 8.52. The molecule has 1 fully saturated rings. The predicted molar refractivity (Wildman–Crippen MR) is 112 cm³/mol. The standard InChI is InChI=1S/C20H22N6O2S/c1-12-14(3)28-19(16(12)10-21)24-18(27)13(2)25-5-7-26(8-6-25)17-15-4-9-29-20(15)23-11-22-17/h4,9,11,13H,5-8H2,1-3H3,(H,24,27). The van der Waals surface area contributed by atoms with Gasteiger partial charge in [-0.05, 0) is 32.2 Å². The van der Waals surface area contributed by atoms with Crippen molar-refractivity contribution in [2.24, 2.45) is 0 Å². The molecule has 3 aromatic rings. The van der Waals surface area contributed by atoms with Crippen LogP contribution in [0.1, 0.15) is 23.8 Å². The molecule has 0 spiro atoms. The van der Waals surface area contributed by atoms with Crippen LogP contribution in [0, 0.1) is 25.2 Å². The second kappa shape index (κ2) is 7.81. The van der Waals surface area contributed by atoms with E-state index < -0.39 is 0 Å². The van der Waals surface area contributed by atoms with Gasteiger partial charge in [-0.25, -0.2) is 9.97 Å². The van der Waals surface area contributed by atoms with Gasteiger partial charge in [-0.3, -0.25) is 15.0 Å². The van der Waals surface area contributed by atoms with Gasteiger partial charge in [-0.1, -0.05) is 0 Å². The molecule has 1 amide bonds. The molecule has 1 aliphatic rings. The summed E-state index contributed by atoms with van der Waals surface area (Å²) in [7, 11) is 0. The van der Waals surface area contributed by atoms with Crippen molar-refractivity contribution in [3.05, 3.63) is 34.7 Å². The molecule has 9 heteroatoms. The maximum absolute atomic E-state index is 12.7. The van der Waals surface area contributed by atoms with Gasteiger partial charge in [0.15, 0.2) is 0 Å². The van der Waals surface area contributed by atoms with Crippen molar-refractivity contribution in [1.29, 1.82) is 5.26 Å². The molecule has 0 saturated carbocycles. The number of rotatable bonds is 4. The number of anilines is 2. The Bertz CT molecular complexity index is 1090. The summed E-state index contributed by atoms with van der Waals surface area (Å²) in [5.74, 6) is 1.65. The van der Waals surface area contributed by atoms with Crippen LogP contribution in [-0.4, -0.2) is 53.0 Å². The summed E-state index contributed by atoms with van der Waals surface area (Å²) in [5, 5.41) is 15.2. The van der Waals surface area contributed by atoms with Gasteiger partial charge in [0, 0.05) is 31.7 Å². The van der Waals surface area contributed by atoms with Gasteiger partial charge in [0.25, 0.3) is 0 Å². The highest BCUT2D eigenvalue weighted by Crippen LogP contribution is 2.28. The van der Waals surface area contributed by atoms with Crippen molar-refractivity contribution in [3.8, 4) is 6.07 Å². The third-order valence-corrected chi connectivity index (χ3v) is 6.34. The predicted octanol–water partition coefficient (Wildman–Crippen LogP) is 2.92. The Hall–Kier alpha value is -2.96. The Kier molecular flexibility index (Phi) is 5.22. The number of carbonyl (C=O) groups excluding carboxylic acids is 1. The molecular weight excluding hydrogens is 388 g/mol. The second-order valence-corrected chi connectivity index (χ2v) is 8.02. The lowest BCUT2D eigenvalue weighted by Gasteiger charge is -2.38. The van der Waals surface area contributed by atoms with Crippen LogP contribution in [0.2, 0.25) is 0 Å². The minimum Gasteiger partial charge on any atom is -0.444 e. The largest absolute Gasteiger partial charge is 0.444 e. The van der Waals surface area contributed by atoms with Crippen LogP contribution in [0.5, 0.6) is 0 Å². The van der Waals surface area contributed by atoms with Crippen molar-refractivity contribution >= 4 is 39.2 Å². The zero-order valence-corrected chi connectivity index (χ0v) is 17.4. The molecule has 29 heavy (non-hydrogen) atoms. The zero-order valence-electron chi connectivity index (χ0n) is 16.6. The molecule has 0 radical (unpaired) electrons. The fourth-order valence-electron chi connectivity index (χ4n) is 3.58. The van der Waals surface area contributed by atoms with Crippen LogP contribution in [0.25, 0.3) is 10.2 Å². The van der Waals surface area contributed by atoms with E-state index in [1.54, 1.807) is 24.6 Å². The lowest BCUT2D eigenvalue weighted by atomic mass is 10.1. The van der Waals surface area contributed by atoms with Gasteiger partial charge in [0.1, 0.15) is 34.4 Å². The molecular formula is C20H22N6O2S. The van der Waals surface area contributed by atoms with E-state index in [4.69, 9.17) is 4.42 Å². The number of carbonyl (C=O) groups is 1. The van der Waals surface area contributed by atoms with Crippen LogP contribution in [-0.2, 0) is 4.79 Å². The lowest BCUT2D eigenvalue weighted by molar-refractivity contribution is -0.121. The number of amides is 1. The summed E-state index contributed by atoms with van der Waals surface area (Å²) in [5.41, 5.74) is 1.14. The maximum atomic E-state index is 12.7. The number of hydrogen-bond donors (Lipinski definition) is 1. The van der Waals surface area contributed by atoms with Gasteiger partial charge >= 0.3 is 0 Å². The molecule has 1 saturated heterocycles. The number of furan rings is 1. The van der Waals surface area contributed by atoms with E-state index in [9.17, 15) is 10.1 Å². The molecule has 8 nitrogen and oxygen atoms in total. The first kappa shape index (κ1) is 19.4. The summed E-state index contributed by atoms with van der Waals surface area (Å²) in [6.07, 6.45) is 1.61. The Morgan fingerprint density at radius 1 is 1.31 bits per heavy atom. The van der Waals surface area contributed by atoms with E-state index in [0.29, 0.717) is 11.3 Å². The van der Waals surface area contributed by atoms with Gasteiger partial charge < -0.3 is 9.32 Å². The first-order chi connectivity index (χ1) is 14.0. The highest BCUT2D eigenvalue weighted by atomic mass is 32.1. The smallest absolute Gasteiger partial charge is 0.243 e. The van der Waals surface area contributed by atoms with E-state index in [-0.39, 0.29) is 17.8 Å². The van der Waals surface area contributed by atoms with Gasteiger partial charge in [-0.2, -0.15) is 5.26 Å². The van der Waals surface area contributed by atoms with Crippen molar-refractivity contribution < 1.29 is 9.21 Å². The number of thiophene rings is 1. The highest BCUT2D eigenvalue weighted by Gasteiger charge is 2.28. The minimum absolute atomic E-state index is 0.175. The highest BCUT2D eigenvalue weighted by molar-refractivity contribution is 7.16. The number of nitrogens with zero attached hydrogens (tertiary/aromatic N) is 5. The monoisotopic (exact) mass is 410 g/mol. The normalized spacial score (nSPS) is 16.0. The molecule has 1 atom stereocenters. The molecule has 0 aromatic carbocycles. The molecule has 150 valence electrons. The summed E-state index contributed by atoms with van der Waals surface area (Å²) < 4.78 is 5.56. The lowest BCUT2D eigenvalue weighted by Crippen LogP contribution is -2.53. The van der Waals surface area contributed by atoms with Crippen molar-refractivity contribution in [2.45, 2.75) is 26.8 Å². The third-order valence-electron chi connectivity index (χ3n) is 5.52. The molecule has 0 aliphatic carbocycles. The van der Waals surface area contributed by atoms with Crippen molar-refractivity contribution in [1.82, 2.24) is 14.9 Å². The van der Waals surface area contributed by atoms with Gasteiger partial charge in [-0.15, -0.1) is 11.3 Å². The van der Waals surface area contributed by atoms with E-state index in [1.807, 2.05) is 19.2 Å². The summed E-state index contributed by atoms with van der Waals surface area (Å²) in [4.78, 5) is 26.9. The SMILES string of the molecule is Cc1oc(NC(=O)C(C)N2CCN(c3ncnc4sccc34)CC2)c(C#N)c1C. The molecule has 4 rings (SSSR count). The Morgan fingerprint density at radius 2 is 2.07 bits per heavy atom. The molecule has 0 bridgehead atoms.